The summed E-state index contributed by atoms with van der Waals surface area (Å²) in [5, 5.41) is 0. The molecule has 66 valence electrons. The molecule has 2 nitrogen and oxygen atoms in total. The van der Waals surface area contributed by atoms with E-state index in [2.05, 4.69) is 12.1 Å². The van der Waals surface area contributed by atoms with Crippen molar-refractivity contribution in [1.82, 2.24) is 4.90 Å². The van der Waals surface area contributed by atoms with Crippen molar-refractivity contribution in [2.75, 3.05) is 0 Å². The summed E-state index contributed by atoms with van der Waals surface area (Å²) in [5.74, 6) is 0. The molecule has 0 spiro atoms. The predicted molar refractivity (Wildman–Crippen MR) is 51.8 cm³/mol. The van der Waals surface area contributed by atoms with Gasteiger partial charge in [-0.1, -0.05) is 24.3 Å². The van der Waals surface area contributed by atoms with E-state index < -0.39 is 0 Å². The van der Waals surface area contributed by atoms with Crippen LogP contribution in [0.5, 0.6) is 0 Å². The molecular formula is C11H11NO. The predicted octanol–water partition coefficient (Wildman–Crippen LogP) is 2.19. The number of nitrogens with zero attached hydrogens (tertiary/aromatic N) is 1. The summed E-state index contributed by atoms with van der Waals surface area (Å²) in [6, 6.07) is 8.27. The van der Waals surface area contributed by atoms with Gasteiger partial charge in [-0.25, -0.2) is 0 Å². The number of amides is 1. The Morgan fingerprint density at radius 2 is 2.15 bits per heavy atom. The van der Waals surface area contributed by atoms with E-state index in [0.717, 1.165) is 6.41 Å². The number of hydrogen-bond acceptors (Lipinski definition) is 1. The minimum absolute atomic E-state index is 0.152. The van der Waals surface area contributed by atoms with E-state index >= 15 is 0 Å². The van der Waals surface area contributed by atoms with Crippen LogP contribution in [0.4, 0.5) is 0 Å². The molecule has 0 unspecified atom stereocenters. The molecule has 0 bridgehead atoms. The molecule has 0 aromatic heterocycles. The molecular weight excluding hydrogens is 162 g/mol. The lowest BCUT2D eigenvalue weighted by Crippen LogP contribution is -2.22. The van der Waals surface area contributed by atoms with Crippen molar-refractivity contribution in [3.63, 3.8) is 0 Å². The lowest BCUT2D eigenvalue weighted by Gasteiger charge is -2.26. The largest absolute Gasteiger partial charge is 0.314 e. The molecule has 1 atom stereocenters. The van der Waals surface area contributed by atoms with Crippen LogP contribution < -0.4 is 0 Å². The van der Waals surface area contributed by atoms with Gasteiger partial charge in [0, 0.05) is 6.20 Å². The SMILES string of the molecule is C[C@@H]1c2ccccc2C=CN1C=O. The molecule has 1 aromatic carbocycles. The summed E-state index contributed by atoms with van der Waals surface area (Å²) in [6.07, 6.45) is 4.64. The van der Waals surface area contributed by atoms with E-state index in [0.29, 0.717) is 0 Å². The lowest BCUT2D eigenvalue weighted by atomic mass is 9.98. The fourth-order valence-corrected chi connectivity index (χ4v) is 1.63. The molecule has 1 amide bonds. The standard InChI is InChI=1S/C11H11NO/c1-9-11-5-3-2-4-10(11)6-7-12(9)8-13/h2-9H,1H3/t9-/m1/s1. The highest BCUT2D eigenvalue weighted by atomic mass is 16.1. The summed E-state index contributed by atoms with van der Waals surface area (Å²) >= 11 is 0. The van der Waals surface area contributed by atoms with Crippen molar-refractivity contribution in [1.29, 1.82) is 0 Å². The molecule has 1 aliphatic rings. The second-order valence-electron chi connectivity index (χ2n) is 3.17. The first kappa shape index (κ1) is 8.05. The highest BCUT2D eigenvalue weighted by Crippen LogP contribution is 2.27. The van der Waals surface area contributed by atoms with Crippen LogP contribution in [-0.4, -0.2) is 11.3 Å². The number of hydrogen-bond donors (Lipinski definition) is 0. The van der Waals surface area contributed by atoms with E-state index in [1.54, 1.807) is 4.90 Å². The van der Waals surface area contributed by atoms with Crippen LogP contribution in [0.2, 0.25) is 0 Å². The average Bonchev–Trinajstić information content (AvgIpc) is 2.19. The first-order chi connectivity index (χ1) is 6.33. The summed E-state index contributed by atoms with van der Waals surface area (Å²) in [7, 11) is 0. The van der Waals surface area contributed by atoms with Gasteiger partial charge in [-0.3, -0.25) is 4.79 Å². The summed E-state index contributed by atoms with van der Waals surface area (Å²) in [6.45, 7) is 2.02. The van der Waals surface area contributed by atoms with Gasteiger partial charge in [0.2, 0.25) is 6.41 Å². The van der Waals surface area contributed by atoms with E-state index in [4.69, 9.17) is 0 Å². The highest BCUT2D eigenvalue weighted by molar-refractivity contribution is 5.63. The monoisotopic (exact) mass is 173 g/mol. The van der Waals surface area contributed by atoms with Gasteiger partial charge in [0.1, 0.15) is 0 Å². The molecule has 2 heteroatoms. The summed E-state index contributed by atoms with van der Waals surface area (Å²) < 4.78 is 0. The van der Waals surface area contributed by atoms with Crippen LogP contribution in [0.25, 0.3) is 6.08 Å². The van der Waals surface area contributed by atoms with Crippen LogP contribution in [-0.2, 0) is 4.79 Å². The van der Waals surface area contributed by atoms with Crippen molar-refractivity contribution in [3.05, 3.63) is 41.6 Å². The average molecular weight is 173 g/mol. The second-order valence-corrected chi connectivity index (χ2v) is 3.17. The molecule has 0 fully saturated rings. The molecule has 1 heterocycles. The highest BCUT2D eigenvalue weighted by Gasteiger charge is 2.17. The maximum absolute atomic E-state index is 10.7. The van der Waals surface area contributed by atoms with Crippen LogP contribution >= 0.6 is 0 Å². The quantitative estimate of drug-likeness (QED) is 0.596. The molecule has 0 radical (unpaired) electrons. The Morgan fingerprint density at radius 3 is 2.92 bits per heavy atom. The first-order valence-corrected chi connectivity index (χ1v) is 4.33. The van der Waals surface area contributed by atoms with Crippen molar-refractivity contribution in [2.24, 2.45) is 0 Å². The fourth-order valence-electron chi connectivity index (χ4n) is 1.63. The van der Waals surface area contributed by atoms with Gasteiger partial charge in [-0.05, 0) is 24.1 Å². The third kappa shape index (κ3) is 1.24. The number of carbonyl (C=O) groups excluding carboxylic acids is 1. The molecule has 13 heavy (non-hydrogen) atoms. The molecule has 0 saturated heterocycles. The Labute approximate surface area is 77.5 Å². The van der Waals surface area contributed by atoms with Crippen LogP contribution in [0.3, 0.4) is 0 Å². The van der Waals surface area contributed by atoms with E-state index in [1.165, 1.54) is 11.1 Å². The second kappa shape index (κ2) is 3.05. The number of rotatable bonds is 1. The molecule has 2 rings (SSSR count). The number of benzene rings is 1. The van der Waals surface area contributed by atoms with Gasteiger partial charge in [0.15, 0.2) is 0 Å². The minimum Gasteiger partial charge on any atom is -0.314 e. The number of fused-ring (bicyclic) bond motifs is 1. The Bertz CT molecular complexity index is 357. The molecule has 1 aliphatic heterocycles. The van der Waals surface area contributed by atoms with Crippen LogP contribution in [0.1, 0.15) is 24.1 Å². The van der Waals surface area contributed by atoms with Crippen molar-refractivity contribution < 1.29 is 4.79 Å². The zero-order valence-electron chi connectivity index (χ0n) is 7.47. The van der Waals surface area contributed by atoms with Crippen molar-refractivity contribution in [3.8, 4) is 0 Å². The normalized spacial score (nSPS) is 19.8. The Hall–Kier alpha value is -1.57. The third-order valence-electron chi connectivity index (χ3n) is 2.44. The molecule has 0 aliphatic carbocycles. The van der Waals surface area contributed by atoms with E-state index in [-0.39, 0.29) is 6.04 Å². The maximum Gasteiger partial charge on any atom is 0.214 e. The minimum atomic E-state index is 0.152. The Kier molecular flexibility index (Phi) is 1.89. The van der Waals surface area contributed by atoms with E-state index in [9.17, 15) is 4.79 Å². The first-order valence-electron chi connectivity index (χ1n) is 4.33. The zero-order valence-corrected chi connectivity index (χ0v) is 7.47. The van der Waals surface area contributed by atoms with Gasteiger partial charge in [0.25, 0.3) is 0 Å². The van der Waals surface area contributed by atoms with Crippen molar-refractivity contribution in [2.45, 2.75) is 13.0 Å². The van der Waals surface area contributed by atoms with E-state index in [1.807, 2.05) is 31.3 Å². The van der Waals surface area contributed by atoms with Crippen molar-refractivity contribution >= 4 is 12.5 Å². The Morgan fingerprint density at radius 1 is 1.38 bits per heavy atom. The van der Waals surface area contributed by atoms with Gasteiger partial charge in [0.05, 0.1) is 6.04 Å². The number of carbonyl (C=O) groups is 1. The smallest absolute Gasteiger partial charge is 0.214 e. The van der Waals surface area contributed by atoms with Gasteiger partial charge in [-0.2, -0.15) is 0 Å². The maximum atomic E-state index is 10.7. The van der Waals surface area contributed by atoms with Crippen LogP contribution in [0.15, 0.2) is 30.5 Å². The molecule has 0 saturated carbocycles. The molecule has 1 aromatic rings. The molecule has 0 N–H and O–H groups in total. The fraction of sp³-hybridized carbons (Fsp3) is 0.182. The van der Waals surface area contributed by atoms with Gasteiger partial charge < -0.3 is 4.90 Å². The van der Waals surface area contributed by atoms with Gasteiger partial charge >= 0.3 is 0 Å². The lowest BCUT2D eigenvalue weighted by molar-refractivity contribution is -0.117. The summed E-state index contributed by atoms with van der Waals surface area (Å²) in [4.78, 5) is 12.3. The third-order valence-corrected chi connectivity index (χ3v) is 2.44. The Balaban J connectivity index is 2.48. The topological polar surface area (TPSA) is 20.3 Å². The zero-order chi connectivity index (χ0) is 9.26. The van der Waals surface area contributed by atoms with Crippen LogP contribution in [0, 0.1) is 0 Å². The van der Waals surface area contributed by atoms with Gasteiger partial charge in [-0.15, -0.1) is 0 Å². The summed E-state index contributed by atoms with van der Waals surface area (Å²) in [5.41, 5.74) is 2.41.